The van der Waals surface area contributed by atoms with E-state index in [4.69, 9.17) is 27.9 Å². The molecule has 0 saturated heterocycles. The summed E-state index contributed by atoms with van der Waals surface area (Å²) in [5, 5.41) is 3.62. The second-order valence-electron chi connectivity index (χ2n) is 9.22. The van der Waals surface area contributed by atoms with Crippen LogP contribution in [0, 0.1) is 0 Å². The number of sulfonamides is 1. The minimum Gasteiger partial charge on any atom is -0.494 e. The third-order valence-corrected chi connectivity index (χ3v) is 8.71. The predicted molar refractivity (Wildman–Crippen MR) is 163 cm³/mol. The van der Waals surface area contributed by atoms with E-state index in [1.54, 1.807) is 67.6 Å². The zero-order valence-corrected chi connectivity index (χ0v) is 25.7. The van der Waals surface area contributed by atoms with Crippen LogP contribution in [0.3, 0.4) is 0 Å². The van der Waals surface area contributed by atoms with Crippen molar-refractivity contribution in [2.45, 2.75) is 51.1 Å². The molecule has 3 rings (SSSR count). The molecule has 1 N–H and O–H groups in total. The van der Waals surface area contributed by atoms with E-state index in [1.807, 2.05) is 13.8 Å². The first-order chi connectivity index (χ1) is 19.6. The standard InChI is InChI=1S/C30H35Cl2N3O5S/c1-4-18-33-30(37)28(5-2)34(20-22-12-13-23(31)19-27(22)32)29(36)21-35(24-10-8-7-9-11-24)41(38,39)26-16-14-25(15-17-26)40-6-3/h7-17,19,28H,4-6,18,20-21H2,1-3H3,(H,33,37)/t28-/m0/s1. The second kappa shape index (κ2) is 15.1. The number of nitrogens with zero attached hydrogens (tertiary/aromatic N) is 2. The fourth-order valence-corrected chi connectivity index (χ4v) is 6.13. The van der Waals surface area contributed by atoms with Crippen LogP contribution in [-0.4, -0.2) is 50.9 Å². The van der Waals surface area contributed by atoms with Gasteiger partial charge in [-0.25, -0.2) is 8.42 Å². The summed E-state index contributed by atoms with van der Waals surface area (Å²) in [5.74, 6) is -0.356. The topological polar surface area (TPSA) is 96.0 Å². The van der Waals surface area contributed by atoms with Gasteiger partial charge in [-0.3, -0.25) is 13.9 Å². The van der Waals surface area contributed by atoms with Gasteiger partial charge in [0, 0.05) is 23.1 Å². The van der Waals surface area contributed by atoms with Gasteiger partial charge in [-0.2, -0.15) is 0 Å². The first kappa shape index (κ1) is 32.2. The van der Waals surface area contributed by atoms with E-state index in [1.165, 1.54) is 17.0 Å². The van der Waals surface area contributed by atoms with Gasteiger partial charge in [-0.1, -0.05) is 61.3 Å². The third kappa shape index (κ3) is 8.38. The highest BCUT2D eigenvalue weighted by atomic mass is 35.5. The molecule has 0 heterocycles. The van der Waals surface area contributed by atoms with Gasteiger partial charge >= 0.3 is 0 Å². The van der Waals surface area contributed by atoms with Crippen LogP contribution < -0.4 is 14.4 Å². The highest BCUT2D eigenvalue weighted by Gasteiger charge is 2.34. The molecule has 1 atom stereocenters. The Morgan fingerprint density at radius 1 is 0.951 bits per heavy atom. The molecular weight excluding hydrogens is 585 g/mol. The quantitative estimate of drug-likeness (QED) is 0.242. The van der Waals surface area contributed by atoms with Crippen molar-refractivity contribution < 1.29 is 22.7 Å². The van der Waals surface area contributed by atoms with Crippen molar-refractivity contribution in [2.75, 3.05) is 24.0 Å². The van der Waals surface area contributed by atoms with Gasteiger partial charge in [0.2, 0.25) is 11.8 Å². The number of carbonyl (C=O) groups is 2. The molecule has 220 valence electrons. The molecule has 41 heavy (non-hydrogen) atoms. The van der Waals surface area contributed by atoms with Gasteiger partial charge in [0.1, 0.15) is 18.3 Å². The molecule has 0 radical (unpaired) electrons. The van der Waals surface area contributed by atoms with Crippen LogP contribution in [0.15, 0.2) is 77.7 Å². The number of nitrogens with one attached hydrogen (secondary N) is 1. The number of hydrogen-bond donors (Lipinski definition) is 1. The predicted octanol–water partition coefficient (Wildman–Crippen LogP) is 5.92. The molecule has 0 bridgehead atoms. The molecule has 0 aromatic heterocycles. The largest absolute Gasteiger partial charge is 0.494 e. The Labute approximate surface area is 252 Å². The monoisotopic (exact) mass is 619 g/mol. The minimum absolute atomic E-state index is 0.00219. The van der Waals surface area contributed by atoms with Crippen molar-refractivity contribution >= 4 is 50.7 Å². The van der Waals surface area contributed by atoms with E-state index in [9.17, 15) is 18.0 Å². The van der Waals surface area contributed by atoms with Gasteiger partial charge in [0.15, 0.2) is 0 Å². The maximum atomic E-state index is 14.1. The molecule has 0 aliphatic heterocycles. The lowest BCUT2D eigenvalue weighted by atomic mass is 10.1. The summed E-state index contributed by atoms with van der Waals surface area (Å²) in [4.78, 5) is 28.6. The maximum absolute atomic E-state index is 14.1. The van der Waals surface area contributed by atoms with E-state index in [-0.39, 0.29) is 17.3 Å². The first-order valence-electron chi connectivity index (χ1n) is 13.4. The van der Waals surface area contributed by atoms with Crippen molar-refractivity contribution in [2.24, 2.45) is 0 Å². The van der Waals surface area contributed by atoms with E-state index in [0.717, 1.165) is 10.7 Å². The fourth-order valence-electron chi connectivity index (χ4n) is 4.24. The average molecular weight is 621 g/mol. The summed E-state index contributed by atoms with van der Waals surface area (Å²) >= 11 is 12.5. The van der Waals surface area contributed by atoms with E-state index >= 15 is 0 Å². The number of ether oxygens (including phenoxy) is 1. The lowest BCUT2D eigenvalue weighted by molar-refractivity contribution is -0.140. The number of carbonyl (C=O) groups excluding carboxylic acids is 2. The van der Waals surface area contributed by atoms with Crippen LogP contribution in [-0.2, 0) is 26.2 Å². The van der Waals surface area contributed by atoms with Gasteiger partial charge in [0.25, 0.3) is 10.0 Å². The highest BCUT2D eigenvalue weighted by molar-refractivity contribution is 7.92. The molecule has 0 aliphatic rings. The normalized spacial score (nSPS) is 11.9. The number of hydrogen-bond acceptors (Lipinski definition) is 5. The summed E-state index contributed by atoms with van der Waals surface area (Å²) in [6, 6.07) is 18.4. The Bertz CT molecular complexity index is 1420. The van der Waals surface area contributed by atoms with E-state index < -0.39 is 28.5 Å². The molecule has 0 fully saturated rings. The average Bonchev–Trinajstić information content (AvgIpc) is 2.96. The number of rotatable bonds is 14. The van der Waals surface area contributed by atoms with Gasteiger partial charge in [-0.15, -0.1) is 0 Å². The fraction of sp³-hybridized carbons (Fsp3) is 0.333. The number of benzene rings is 3. The first-order valence-corrected chi connectivity index (χ1v) is 15.6. The van der Waals surface area contributed by atoms with Crippen molar-refractivity contribution in [1.82, 2.24) is 10.2 Å². The van der Waals surface area contributed by atoms with Crippen LogP contribution in [0.25, 0.3) is 0 Å². The minimum atomic E-state index is -4.18. The molecule has 11 heteroatoms. The van der Waals surface area contributed by atoms with Crippen molar-refractivity contribution in [3.8, 4) is 5.75 Å². The molecule has 3 aromatic carbocycles. The van der Waals surface area contributed by atoms with Gasteiger partial charge in [0.05, 0.1) is 17.2 Å². The van der Waals surface area contributed by atoms with Crippen LogP contribution in [0.5, 0.6) is 5.75 Å². The Morgan fingerprint density at radius 3 is 2.22 bits per heavy atom. The number of halogens is 2. The lowest BCUT2D eigenvalue weighted by Crippen LogP contribution is -2.52. The Balaban J connectivity index is 2.03. The van der Waals surface area contributed by atoms with Crippen molar-refractivity contribution in [3.63, 3.8) is 0 Å². The smallest absolute Gasteiger partial charge is 0.264 e. The Morgan fingerprint density at radius 2 is 1.63 bits per heavy atom. The van der Waals surface area contributed by atoms with Crippen LogP contribution in [0.2, 0.25) is 10.0 Å². The SMILES string of the molecule is CCCNC(=O)[C@H](CC)N(Cc1ccc(Cl)cc1Cl)C(=O)CN(c1ccccc1)S(=O)(=O)c1ccc(OCC)cc1. The van der Waals surface area contributed by atoms with E-state index in [2.05, 4.69) is 5.32 Å². The van der Waals surface area contributed by atoms with E-state index in [0.29, 0.717) is 46.6 Å². The molecule has 8 nitrogen and oxygen atoms in total. The summed E-state index contributed by atoms with van der Waals surface area (Å²) < 4.78 is 34.4. The number of amides is 2. The zero-order valence-electron chi connectivity index (χ0n) is 23.3. The van der Waals surface area contributed by atoms with Crippen molar-refractivity contribution in [3.05, 3.63) is 88.4 Å². The highest BCUT2D eigenvalue weighted by Crippen LogP contribution is 2.27. The Kier molecular flexibility index (Phi) is 11.9. The summed E-state index contributed by atoms with van der Waals surface area (Å²) in [7, 11) is -4.18. The molecule has 2 amide bonds. The van der Waals surface area contributed by atoms with Crippen molar-refractivity contribution in [1.29, 1.82) is 0 Å². The molecular formula is C30H35Cl2N3O5S. The molecule has 0 spiro atoms. The second-order valence-corrected chi connectivity index (χ2v) is 11.9. The Hall–Kier alpha value is -3.27. The number of para-hydroxylation sites is 1. The zero-order chi connectivity index (χ0) is 30.0. The van der Waals surface area contributed by atoms with Crippen LogP contribution in [0.4, 0.5) is 5.69 Å². The maximum Gasteiger partial charge on any atom is 0.264 e. The molecule has 0 saturated carbocycles. The molecule has 0 unspecified atom stereocenters. The summed E-state index contributed by atoms with van der Waals surface area (Å²) in [6.45, 7) is 5.89. The molecule has 3 aromatic rings. The number of anilines is 1. The van der Waals surface area contributed by atoms with Gasteiger partial charge in [-0.05, 0) is 73.9 Å². The van der Waals surface area contributed by atoms with Crippen LogP contribution >= 0.6 is 23.2 Å². The molecule has 0 aliphatic carbocycles. The summed E-state index contributed by atoms with van der Waals surface area (Å²) in [6.07, 6.45) is 1.03. The lowest BCUT2D eigenvalue weighted by Gasteiger charge is -2.33. The van der Waals surface area contributed by atoms with Gasteiger partial charge < -0.3 is 15.0 Å². The summed E-state index contributed by atoms with van der Waals surface area (Å²) in [5.41, 5.74) is 0.884. The van der Waals surface area contributed by atoms with Crippen LogP contribution in [0.1, 0.15) is 39.2 Å². The third-order valence-electron chi connectivity index (χ3n) is 6.34.